The summed E-state index contributed by atoms with van der Waals surface area (Å²) in [5, 5.41) is 3.13. The Labute approximate surface area is 114 Å². The highest BCUT2D eigenvalue weighted by Crippen LogP contribution is 2.21. The van der Waals surface area contributed by atoms with Gasteiger partial charge in [0.25, 0.3) is 0 Å². The third-order valence-electron chi connectivity index (χ3n) is 3.38. The Morgan fingerprint density at radius 3 is 2.84 bits per heavy atom. The molecule has 1 fully saturated rings. The predicted octanol–water partition coefficient (Wildman–Crippen LogP) is 1.90. The molecule has 1 aliphatic rings. The fourth-order valence-corrected chi connectivity index (χ4v) is 2.32. The Kier molecular flexibility index (Phi) is 4.60. The quantitative estimate of drug-likeness (QED) is 0.901. The number of piperidine rings is 1. The number of nitrogens with zero attached hydrogens (tertiary/aromatic N) is 2. The van der Waals surface area contributed by atoms with Gasteiger partial charge in [-0.1, -0.05) is 0 Å². The average Bonchev–Trinajstić information content (AvgIpc) is 2.48. The normalized spacial score (nSPS) is 16.8. The number of anilines is 1. The first-order valence-electron chi connectivity index (χ1n) is 6.76. The van der Waals surface area contributed by atoms with E-state index in [0.717, 1.165) is 25.9 Å². The van der Waals surface area contributed by atoms with Gasteiger partial charge in [0.2, 0.25) is 5.91 Å². The topological polar surface area (TPSA) is 54.5 Å². The number of pyridine rings is 1. The van der Waals surface area contributed by atoms with Crippen molar-refractivity contribution in [3.8, 4) is 5.75 Å². The van der Waals surface area contributed by atoms with Crippen molar-refractivity contribution >= 4 is 11.7 Å². The van der Waals surface area contributed by atoms with Crippen molar-refractivity contribution < 1.29 is 9.53 Å². The lowest BCUT2D eigenvalue weighted by atomic mass is 10.1. The summed E-state index contributed by atoms with van der Waals surface area (Å²) in [6.45, 7) is 3.60. The molecule has 19 heavy (non-hydrogen) atoms. The maximum absolute atomic E-state index is 12.3. The largest absolute Gasteiger partial charge is 0.493 e. The van der Waals surface area contributed by atoms with Crippen molar-refractivity contribution in [1.82, 2.24) is 9.88 Å². The zero-order valence-electron chi connectivity index (χ0n) is 11.6. The minimum absolute atomic E-state index is 0.132. The molecular formula is C14H21N3O2. The molecule has 0 bridgehead atoms. The van der Waals surface area contributed by atoms with Gasteiger partial charge >= 0.3 is 0 Å². The van der Waals surface area contributed by atoms with Crippen LogP contribution in [0.4, 0.5) is 5.82 Å². The number of likely N-dealkylation sites (tertiary alicyclic amines) is 1. The highest BCUT2D eigenvalue weighted by atomic mass is 16.5. The smallest absolute Gasteiger partial charge is 0.244 e. The van der Waals surface area contributed by atoms with Crippen molar-refractivity contribution in [1.29, 1.82) is 0 Å². The Bertz CT molecular complexity index is 430. The number of methoxy groups -OCH3 is 1. The molecule has 0 radical (unpaired) electrons. The molecule has 1 aromatic heterocycles. The summed E-state index contributed by atoms with van der Waals surface area (Å²) >= 11 is 0. The molecule has 0 spiro atoms. The SMILES string of the molecule is COc1cccnc1NC(C)C(=O)N1CCCCC1. The number of hydrogen-bond acceptors (Lipinski definition) is 4. The van der Waals surface area contributed by atoms with Crippen LogP contribution in [0.5, 0.6) is 5.75 Å². The van der Waals surface area contributed by atoms with Crippen molar-refractivity contribution in [2.45, 2.75) is 32.2 Å². The van der Waals surface area contributed by atoms with Crippen LogP contribution in [0.1, 0.15) is 26.2 Å². The van der Waals surface area contributed by atoms with Gasteiger partial charge in [-0.3, -0.25) is 4.79 Å². The molecular weight excluding hydrogens is 242 g/mol. The minimum atomic E-state index is -0.290. The van der Waals surface area contributed by atoms with Crippen LogP contribution in [0.2, 0.25) is 0 Å². The van der Waals surface area contributed by atoms with Crippen LogP contribution >= 0.6 is 0 Å². The van der Waals surface area contributed by atoms with Gasteiger partial charge in [0, 0.05) is 19.3 Å². The van der Waals surface area contributed by atoms with Gasteiger partial charge in [-0.25, -0.2) is 4.98 Å². The maximum Gasteiger partial charge on any atom is 0.244 e. The molecule has 5 heteroatoms. The molecule has 1 atom stereocenters. The van der Waals surface area contributed by atoms with E-state index >= 15 is 0 Å². The molecule has 2 heterocycles. The van der Waals surface area contributed by atoms with E-state index in [1.54, 1.807) is 19.4 Å². The Balaban J connectivity index is 1.99. The first kappa shape index (κ1) is 13.6. The van der Waals surface area contributed by atoms with Gasteiger partial charge in [-0.05, 0) is 38.3 Å². The second-order valence-electron chi connectivity index (χ2n) is 4.81. The van der Waals surface area contributed by atoms with Crippen LogP contribution in [0, 0.1) is 0 Å². The molecule has 2 rings (SSSR count). The highest BCUT2D eigenvalue weighted by Gasteiger charge is 2.22. The zero-order valence-corrected chi connectivity index (χ0v) is 11.6. The van der Waals surface area contributed by atoms with E-state index in [0.29, 0.717) is 11.6 Å². The van der Waals surface area contributed by atoms with Gasteiger partial charge < -0.3 is 15.0 Å². The van der Waals surface area contributed by atoms with Gasteiger partial charge in [-0.2, -0.15) is 0 Å². The number of hydrogen-bond donors (Lipinski definition) is 1. The number of amides is 1. The fraction of sp³-hybridized carbons (Fsp3) is 0.571. The molecule has 0 saturated carbocycles. The molecule has 1 aliphatic heterocycles. The average molecular weight is 263 g/mol. The third kappa shape index (κ3) is 3.36. The molecule has 104 valence electrons. The summed E-state index contributed by atoms with van der Waals surface area (Å²) in [4.78, 5) is 18.4. The summed E-state index contributed by atoms with van der Waals surface area (Å²) in [6.07, 6.45) is 5.11. The molecule has 5 nitrogen and oxygen atoms in total. The van der Waals surface area contributed by atoms with Crippen molar-refractivity contribution in [3.63, 3.8) is 0 Å². The third-order valence-corrected chi connectivity index (χ3v) is 3.38. The summed E-state index contributed by atoms with van der Waals surface area (Å²) in [7, 11) is 1.60. The standard InChI is InChI=1S/C14H21N3O2/c1-11(14(18)17-9-4-3-5-10-17)16-13-12(19-2)7-6-8-15-13/h6-8,11H,3-5,9-10H2,1-2H3,(H,15,16). The Hall–Kier alpha value is -1.78. The number of rotatable bonds is 4. The van der Waals surface area contributed by atoms with Crippen LogP contribution in [0.3, 0.4) is 0 Å². The second kappa shape index (κ2) is 6.41. The molecule has 0 aliphatic carbocycles. The molecule has 0 aromatic carbocycles. The van der Waals surface area contributed by atoms with E-state index in [1.165, 1.54) is 6.42 Å². The number of nitrogens with one attached hydrogen (secondary N) is 1. The molecule has 1 aromatic rings. The molecule has 1 unspecified atom stereocenters. The lowest BCUT2D eigenvalue weighted by molar-refractivity contribution is -0.132. The van der Waals surface area contributed by atoms with E-state index in [2.05, 4.69) is 10.3 Å². The van der Waals surface area contributed by atoms with Crippen molar-refractivity contribution in [3.05, 3.63) is 18.3 Å². The first-order valence-corrected chi connectivity index (χ1v) is 6.76. The highest BCUT2D eigenvalue weighted by molar-refractivity contribution is 5.84. The Morgan fingerprint density at radius 2 is 2.16 bits per heavy atom. The van der Waals surface area contributed by atoms with Gasteiger partial charge in [0.1, 0.15) is 6.04 Å². The van der Waals surface area contributed by atoms with Crippen LogP contribution < -0.4 is 10.1 Å². The summed E-state index contributed by atoms with van der Waals surface area (Å²) < 4.78 is 5.22. The van der Waals surface area contributed by atoms with E-state index in [-0.39, 0.29) is 11.9 Å². The van der Waals surface area contributed by atoms with Crippen molar-refractivity contribution in [2.24, 2.45) is 0 Å². The number of carbonyl (C=O) groups is 1. The lowest BCUT2D eigenvalue weighted by Crippen LogP contribution is -2.44. The number of ether oxygens (including phenoxy) is 1. The first-order chi connectivity index (χ1) is 9.22. The summed E-state index contributed by atoms with van der Waals surface area (Å²) in [5.41, 5.74) is 0. The number of aromatic nitrogens is 1. The monoisotopic (exact) mass is 263 g/mol. The minimum Gasteiger partial charge on any atom is -0.493 e. The maximum atomic E-state index is 12.3. The van der Waals surface area contributed by atoms with E-state index < -0.39 is 0 Å². The van der Waals surface area contributed by atoms with Gasteiger partial charge in [0.15, 0.2) is 11.6 Å². The summed E-state index contributed by atoms with van der Waals surface area (Å²) in [6, 6.07) is 3.34. The second-order valence-corrected chi connectivity index (χ2v) is 4.81. The van der Waals surface area contributed by atoms with Crippen LogP contribution in [-0.4, -0.2) is 42.0 Å². The molecule has 1 N–H and O–H groups in total. The molecule has 1 amide bonds. The fourth-order valence-electron chi connectivity index (χ4n) is 2.32. The van der Waals surface area contributed by atoms with E-state index in [1.807, 2.05) is 17.9 Å². The van der Waals surface area contributed by atoms with E-state index in [9.17, 15) is 4.79 Å². The van der Waals surface area contributed by atoms with Crippen molar-refractivity contribution in [2.75, 3.05) is 25.5 Å². The predicted molar refractivity (Wildman–Crippen MR) is 74.3 cm³/mol. The van der Waals surface area contributed by atoms with Crippen LogP contribution in [0.15, 0.2) is 18.3 Å². The van der Waals surface area contributed by atoms with Crippen LogP contribution in [0.25, 0.3) is 0 Å². The van der Waals surface area contributed by atoms with Crippen LogP contribution in [-0.2, 0) is 4.79 Å². The Morgan fingerprint density at radius 1 is 1.42 bits per heavy atom. The van der Waals surface area contributed by atoms with E-state index in [4.69, 9.17) is 4.74 Å². The molecule has 1 saturated heterocycles. The van der Waals surface area contributed by atoms with Gasteiger partial charge in [0.05, 0.1) is 7.11 Å². The van der Waals surface area contributed by atoms with Gasteiger partial charge in [-0.15, -0.1) is 0 Å². The number of carbonyl (C=O) groups excluding carboxylic acids is 1. The summed E-state index contributed by atoms with van der Waals surface area (Å²) in [5.74, 6) is 1.40. The zero-order chi connectivity index (χ0) is 13.7. The lowest BCUT2D eigenvalue weighted by Gasteiger charge is -2.29.